The summed E-state index contributed by atoms with van der Waals surface area (Å²) in [5.41, 5.74) is 1.18. The molecule has 0 aromatic heterocycles. The Balaban J connectivity index is 2.03. The van der Waals surface area contributed by atoms with E-state index in [4.69, 9.17) is 4.43 Å². The first-order chi connectivity index (χ1) is 10.9. The Hall–Kier alpha value is -0.853. The summed E-state index contributed by atoms with van der Waals surface area (Å²) >= 11 is 0. The molecule has 134 valence electrons. The van der Waals surface area contributed by atoms with E-state index in [0.717, 1.165) is 32.1 Å². The largest absolute Gasteiger partial charge is 0.402 e. The normalized spacial score (nSPS) is 28.7. The highest BCUT2D eigenvalue weighted by Gasteiger charge is 2.47. The Labute approximate surface area is 149 Å². The van der Waals surface area contributed by atoms with Crippen LogP contribution in [0.3, 0.4) is 0 Å². The fourth-order valence-electron chi connectivity index (χ4n) is 4.63. The van der Waals surface area contributed by atoms with Crippen molar-refractivity contribution < 1.29 is 9.22 Å². The minimum atomic E-state index is -1.59. The van der Waals surface area contributed by atoms with Crippen LogP contribution >= 0.6 is 0 Å². The van der Waals surface area contributed by atoms with Crippen LogP contribution in [0, 0.1) is 29.1 Å². The Morgan fingerprint density at radius 1 is 1.42 bits per heavy atom. The minimum absolute atomic E-state index is 0.0841. The summed E-state index contributed by atoms with van der Waals surface area (Å²) in [6.07, 6.45) is 7.09. The number of allylic oxidation sites excluding steroid dienone is 2. The Kier molecular flexibility index (Phi) is 5.52. The van der Waals surface area contributed by atoms with Crippen LogP contribution in [0.2, 0.25) is 19.6 Å². The zero-order valence-corrected chi connectivity index (χ0v) is 17.6. The molecule has 2 aliphatic carbocycles. The van der Waals surface area contributed by atoms with Gasteiger partial charge < -0.3 is 4.43 Å². The van der Waals surface area contributed by atoms with Gasteiger partial charge in [0.1, 0.15) is 11.4 Å². The SMILES string of the molecule is C[C@@H](CC#CC(C)(C)O[Si](C)(C)C)C1=CC[C@H]2C(=O)CCC[C@]12C. The maximum absolute atomic E-state index is 12.3. The Bertz CT molecular complexity index is 585. The predicted octanol–water partition coefficient (Wildman–Crippen LogP) is 5.35. The van der Waals surface area contributed by atoms with Gasteiger partial charge in [-0.25, -0.2) is 0 Å². The van der Waals surface area contributed by atoms with Crippen LogP contribution < -0.4 is 0 Å². The highest BCUT2D eigenvalue weighted by atomic mass is 28.4. The first-order valence-electron chi connectivity index (χ1n) is 9.38. The number of carbonyl (C=O) groups excluding carboxylic acids is 1. The number of hydrogen-bond acceptors (Lipinski definition) is 2. The summed E-state index contributed by atoms with van der Waals surface area (Å²) < 4.78 is 6.16. The van der Waals surface area contributed by atoms with Gasteiger partial charge in [0.05, 0.1) is 0 Å². The third kappa shape index (κ3) is 4.40. The smallest absolute Gasteiger partial charge is 0.185 e. The maximum Gasteiger partial charge on any atom is 0.185 e. The number of hydrogen-bond donors (Lipinski definition) is 0. The molecule has 0 aliphatic heterocycles. The molecule has 3 atom stereocenters. The first-order valence-corrected chi connectivity index (χ1v) is 12.8. The van der Waals surface area contributed by atoms with Crippen LogP contribution in [0.15, 0.2) is 11.6 Å². The number of Topliss-reactive ketones (excluding diaryl/α,β-unsaturated/α-hetero) is 1. The molecule has 0 aromatic rings. The van der Waals surface area contributed by atoms with Crippen molar-refractivity contribution in [3.63, 3.8) is 0 Å². The predicted molar refractivity (Wildman–Crippen MR) is 103 cm³/mol. The van der Waals surface area contributed by atoms with Crippen molar-refractivity contribution in [1.29, 1.82) is 0 Å². The van der Waals surface area contributed by atoms with Crippen LogP contribution in [0.25, 0.3) is 0 Å². The molecule has 0 radical (unpaired) electrons. The van der Waals surface area contributed by atoms with Gasteiger partial charge in [-0.1, -0.05) is 37.3 Å². The summed E-state index contributed by atoms with van der Waals surface area (Å²) in [5, 5.41) is 0. The highest BCUT2D eigenvalue weighted by Crippen LogP contribution is 2.53. The van der Waals surface area contributed by atoms with Crippen molar-refractivity contribution in [1.82, 2.24) is 0 Å². The standard InChI is InChI=1S/C21H34O2Si/c1-16(10-8-14-20(2,3)23-24(5,6)7)17-12-13-18-19(22)11-9-15-21(17,18)4/h12,16,18H,9-11,13,15H2,1-7H3/t16-,18-,21+/m0/s1. The zero-order chi connectivity index (χ0) is 18.2. The van der Waals surface area contributed by atoms with Crippen LogP contribution in [0.4, 0.5) is 0 Å². The summed E-state index contributed by atoms with van der Waals surface area (Å²) in [6.45, 7) is 15.3. The molecule has 2 nitrogen and oxygen atoms in total. The van der Waals surface area contributed by atoms with Crippen molar-refractivity contribution in [2.45, 2.75) is 85.0 Å². The van der Waals surface area contributed by atoms with Crippen molar-refractivity contribution in [2.24, 2.45) is 17.3 Å². The number of fused-ring (bicyclic) bond motifs is 1. The lowest BCUT2D eigenvalue weighted by Crippen LogP contribution is -2.37. The number of ketones is 1. The molecule has 2 rings (SSSR count). The lowest BCUT2D eigenvalue weighted by atomic mass is 9.63. The van der Waals surface area contributed by atoms with Gasteiger partial charge >= 0.3 is 0 Å². The van der Waals surface area contributed by atoms with E-state index in [0.29, 0.717) is 11.7 Å². The molecule has 0 spiro atoms. The Morgan fingerprint density at radius 2 is 2.08 bits per heavy atom. The maximum atomic E-state index is 12.3. The minimum Gasteiger partial charge on any atom is -0.402 e. The van der Waals surface area contributed by atoms with Gasteiger partial charge in [0.25, 0.3) is 0 Å². The summed E-state index contributed by atoms with van der Waals surface area (Å²) in [6, 6.07) is 0. The summed E-state index contributed by atoms with van der Waals surface area (Å²) in [7, 11) is -1.59. The van der Waals surface area contributed by atoms with Crippen molar-refractivity contribution in [3.8, 4) is 11.8 Å². The molecule has 0 heterocycles. The van der Waals surface area contributed by atoms with Crippen molar-refractivity contribution in [3.05, 3.63) is 11.6 Å². The lowest BCUT2D eigenvalue weighted by Gasteiger charge is -2.39. The quantitative estimate of drug-likeness (QED) is 0.389. The van der Waals surface area contributed by atoms with Gasteiger partial charge in [-0.3, -0.25) is 4.79 Å². The van der Waals surface area contributed by atoms with Gasteiger partial charge in [-0.2, -0.15) is 0 Å². The van der Waals surface area contributed by atoms with Gasteiger partial charge in [0, 0.05) is 18.8 Å². The number of carbonyl (C=O) groups is 1. The van der Waals surface area contributed by atoms with E-state index >= 15 is 0 Å². The molecular weight excluding hydrogens is 312 g/mol. The molecule has 2 aliphatic rings. The average Bonchev–Trinajstić information content (AvgIpc) is 2.74. The van der Waals surface area contributed by atoms with E-state index in [1.54, 1.807) is 0 Å². The summed E-state index contributed by atoms with van der Waals surface area (Å²) in [4.78, 5) is 12.3. The van der Waals surface area contributed by atoms with E-state index < -0.39 is 8.32 Å². The summed E-state index contributed by atoms with van der Waals surface area (Å²) in [5.74, 6) is 7.82. The highest BCUT2D eigenvalue weighted by molar-refractivity contribution is 6.69. The fourth-order valence-corrected chi connectivity index (χ4v) is 6.21. The molecule has 0 saturated heterocycles. The van der Waals surface area contributed by atoms with Gasteiger partial charge in [0.2, 0.25) is 0 Å². The molecular formula is C21H34O2Si. The second-order valence-corrected chi connectivity index (χ2v) is 13.7. The van der Waals surface area contributed by atoms with E-state index in [1.807, 2.05) is 0 Å². The van der Waals surface area contributed by atoms with Crippen LogP contribution in [0.5, 0.6) is 0 Å². The molecule has 0 unspecified atom stereocenters. The number of rotatable bonds is 4. The Morgan fingerprint density at radius 3 is 2.71 bits per heavy atom. The van der Waals surface area contributed by atoms with Crippen LogP contribution in [0.1, 0.15) is 59.8 Å². The van der Waals surface area contributed by atoms with Gasteiger partial charge in [-0.15, -0.1) is 0 Å². The van der Waals surface area contributed by atoms with Gasteiger partial charge in [0.15, 0.2) is 8.32 Å². The monoisotopic (exact) mass is 346 g/mol. The average molecular weight is 347 g/mol. The van der Waals surface area contributed by atoms with Crippen molar-refractivity contribution in [2.75, 3.05) is 0 Å². The van der Waals surface area contributed by atoms with E-state index in [9.17, 15) is 4.79 Å². The molecule has 0 amide bonds. The van der Waals surface area contributed by atoms with Crippen LogP contribution in [-0.4, -0.2) is 19.7 Å². The van der Waals surface area contributed by atoms with Gasteiger partial charge in [-0.05, 0) is 64.1 Å². The third-order valence-electron chi connectivity index (χ3n) is 5.40. The fraction of sp³-hybridized carbons (Fsp3) is 0.762. The lowest BCUT2D eigenvalue weighted by molar-refractivity contribution is -0.128. The molecule has 1 saturated carbocycles. The van der Waals surface area contributed by atoms with Crippen LogP contribution in [-0.2, 0) is 9.22 Å². The van der Waals surface area contributed by atoms with E-state index in [1.165, 1.54) is 5.57 Å². The molecule has 0 N–H and O–H groups in total. The molecule has 24 heavy (non-hydrogen) atoms. The molecule has 1 fully saturated rings. The molecule has 3 heteroatoms. The molecule has 0 aromatic carbocycles. The zero-order valence-electron chi connectivity index (χ0n) is 16.6. The van der Waals surface area contributed by atoms with Crippen molar-refractivity contribution >= 4 is 14.1 Å². The third-order valence-corrected chi connectivity index (χ3v) is 6.52. The van der Waals surface area contributed by atoms with E-state index in [-0.39, 0.29) is 16.9 Å². The second-order valence-electron chi connectivity index (χ2n) is 9.32. The molecule has 0 bridgehead atoms. The first kappa shape index (κ1) is 19.5. The van der Waals surface area contributed by atoms with E-state index in [2.05, 4.69) is 65.3 Å². The topological polar surface area (TPSA) is 26.3 Å². The second kappa shape index (κ2) is 6.81.